The van der Waals surface area contributed by atoms with Crippen LogP contribution in [0.15, 0.2) is 66.1 Å². The van der Waals surface area contributed by atoms with Crippen LogP contribution in [-0.4, -0.2) is 33.9 Å². The number of nitriles is 1. The number of allylic oxidation sites excluding steroid dienone is 1. The van der Waals surface area contributed by atoms with E-state index in [0.29, 0.717) is 39.9 Å². The van der Waals surface area contributed by atoms with Gasteiger partial charge in [0, 0.05) is 11.6 Å². The molecular formula is C27H23FN2O7. The number of carbonyl (C=O) groups is 1. The number of carbonyl (C=O) groups excluding carboxylic acids is 1. The standard InChI is InChI=1S/C27H23FN2O7/c1-32-22-10-15(11-23(33-2)26(22)34-3)25-19-9-8-18(12-21(19)37-27(30)20(25)13-29)36-24(31)14-35-17-6-4-16(28)5-7-17/h4-12,25H,14,30H2,1-3H3. The first-order valence-electron chi connectivity index (χ1n) is 11.0. The van der Waals surface area contributed by atoms with Gasteiger partial charge in [-0.3, -0.25) is 0 Å². The number of hydrogen-bond acceptors (Lipinski definition) is 9. The minimum atomic E-state index is -0.678. The zero-order valence-electron chi connectivity index (χ0n) is 20.2. The normalized spacial score (nSPS) is 14.1. The van der Waals surface area contributed by atoms with E-state index in [1.54, 1.807) is 24.3 Å². The SMILES string of the molecule is COc1cc(C2C(C#N)=C(N)Oc3cc(OC(=O)COc4ccc(F)cc4)ccc32)cc(OC)c1OC. The van der Waals surface area contributed by atoms with E-state index < -0.39 is 24.3 Å². The van der Waals surface area contributed by atoms with Crippen molar-refractivity contribution >= 4 is 5.97 Å². The van der Waals surface area contributed by atoms with E-state index in [9.17, 15) is 14.4 Å². The van der Waals surface area contributed by atoms with E-state index in [-0.39, 0.29) is 17.2 Å². The van der Waals surface area contributed by atoms with Gasteiger partial charge < -0.3 is 34.2 Å². The van der Waals surface area contributed by atoms with Gasteiger partial charge in [0.05, 0.1) is 27.2 Å². The van der Waals surface area contributed by atoms with Crippen molar-refractivity contribution in [2.24, 2.45) is 5.73 Å². The van der Waals surface area contributed by atoms with Crippen LogP contribution in [0.1, 0.15) is 17.0 Å². The van der Waals surface area contributed by atoms with Gasteiger partial charge in [-0.15, -0.1) is 0 Å². The molecule has 1 heterocycles. The molecule has 0 amide bonds. The molecule has 1 unspecified atom stereocenters. The lowest BCUT2D eigenvalue weighted by Gasteiger charge is -2.27. The molecule has 0 aromatic heterocycles. The molecule has 4 rings (SSSR count). The van der Waals surface area contributed by atoms with Crippen LogP contribution in [0.2, 0.25) is 0 Å². The van der Waals surface area contributed by atoms with E-state index in [0.717, 1.165) is 0 Å². The van der Waals surface area contributed by atoms with Crippen LogP contribution in [0.25, 0.3) is 0 Å². The molecule has 0 radical (unpaired) electrons. The minimum absolute atomic E-state index is 0.0862. The Balaban J connectivity index is 1.62. The predicted octanol–water partition coefficient (Wildman–Crippen LogP) is 4.05. The van der Waals surface area contributed by atoms with Crippen molar-refractivity contribution in [2.75, 3.05) is 27.9 Å². The zero-order chi connectivity index (χ0) is 26.5. The first kappa shape index (κ1) is 25.2. The van der Waals surface area contributed by atoms with Gasteiger partial charge in [0.1, 0.15) is 34.7 Å². The van der Waals surface area contributed by atoms with Gasteiger partial charge >= 0.3 is 5.97 Å². The smallest absolute Gasteiger partial charge is 0.349 e. The van der Waals surface area contributed by atoms with Gasteiger partial charge in [-0.1, -0.05) is 6.07 Å². The predicted molar refractivity (Wildman–Crippen MR) is 129 cm³/mol. The fourth-order valence-corrected chi connectivity index (χ4v) is 3.94. The van der Waals surface area contributed by atoms with Crippen molar-refractivity contribution in [3.05, 3.63) is 83.0 Å². The quantitative estimate of drug-likeness (QED) is 0.356. The molecule has 0 saturated carbocycles. The first-order chi connectivity index (χ1) is 17.9. The molecule has 37 heavy (non-hydrogen) atoms. The molecule has 0 bridgehead atoms. The monoisotopic (exact) mass is 506 g/mol. The zero-order valence-corrected chi connectivity index (χ0v) is 20.2. The number of fused-ring (bicyclic) bond motifs is 1. The van der Waals surface area contributed by atoms with Crippen LogP contribution in [0.4, 0.5) is 4.39 Å². The second-order valence-electron chi connectivity index (χ2n) is 7.80. The summed E-state index contributed by atoms with van der Waals surface area (Å²) in [4.78, 5) is 12.3. The summed E-state index contributed by atoms with van der Waals surface area (Å²) in [5.41, 5.74) is 7.55. The second kappa shape index (κ2) is 10.8. The molecule has 3 aromatic rings. The molecule has 0 aliphatic carbocycles. The molecule has 0 saturated heterocycles. The van der Waals surface area contributed by atoms with Crippen molar-refractivity contribution in [3.8, 4) is 40.6 Å². The van der Waals surface area contributed by atoms with Gasteiger partial charge in [-0.05, 0) is 48.0 Å². The average Bonchev–Trinajstić information content (AvgIpc) is 2.91. The Morgan fingerprint density at radius 1 is 1.00 bits per heavy atom. The number of rotatable bonds is 8. The summed E-state index contributed by atoms with van der Waals surface area (Å²) in [5.74, 6) is 0.238. The number of ether oxygens (including phenoxy) is 6. The third-order valence-corrected chi connectivity index (χ3v) is 5.61. The molecule has 2 N–H and O–H groups in total. The molecule has 0 spiro atoms. The van der Waals surface area contributed by atoms with Gasteiger partial charge in [-0.25, -0.2) is 9.18 Å². The first-order valence-corrected chi connectivity index (χ1v) is 11.0. The van der Waals surface area contributed by atoms with E-state index in [4.69, 9.17) is 34.2 Å². The maximum Gasteiger partial charge on any atom is 0.349 e. The number of halogens is 1. The van der Waals surface area contributed by atoms with E-state index >= 15 is 0 Å². The van der Waals surface area contributed by atoms with Crippen LogP contribution in [-0.2, 0) is 4.79 Å². The van der Waals surface area contributed by atoms with Crippen LogP contribution in [0.5, 0.6) is 34.5 Å². The molecule has 0 fully saturated rings. The van der Waals surface area contributed by atoms with E-state index in [1.165, 1.54) is 51.7 Å². The molecule has 9 nitrogen and oxygen atoms in total. The maximum atomic E-state index is 13.0. The number of nitrogens with zero attached hydrogens (tertiary/aromatic N) is 1. The lowest BCUT2D eigenvalue weighted by Crippen LogP contribution is -2.22. The Morgan fingerprint density at radius 3 is 2.24 bits per heavy atom. The largest absolute Gasteiger partial charge is 0.493 e. The van der Waals surface area contributed by atoms with Crippen molar-refractivity contribution in [1.29, 1.82) is 5.26 Å². The van der Waals surface area contributed by atoms with Crippen LogP contribution >= 0.6 is 0 Å². The third kappa shape index (κ3) is 5.21. The highest BCUT2D eigenvalue weighted by atomic mass is 19.1. The molecular weight excluding hydrogens is 483 g/mol. The van der Waals surface area contributed by atoms with Crippen LogP contribution in [0, 0.1) is 17.1 Å². The highest BCUT2D eigenvalue weighted by Crippen LogP contribution is 2.47. The Kier molecular flexibility index (Phi) is 7.34. The summed E-state index contributed by atoms with van der Waals surface area (Å²) in [7, 11) is 4.49. The average molecular weight is 506 g/mol. The summed E-state index contributed by atoms with van der Waals surface area (Å²) < 4.78 is 45.7. The fraction of sp³-hybridized carbons (Fsp3) is 0.185. The number of methoxy groups -OCH3 is 3. The lowest BCUT2D eigenvalue weighted by molar-refractivity contribution is -0.136. The van der Waals surface area contributed by atoms with E-state index in [2.05, 4.69) is 6.07 Å². The maximum absolute atomic E-state index is 13.0. The highest BCUT2D eigenvalue weighted by molar-refractivity contribution is 5.74. The molecule has 1 aliphatic heterocycles. The Bertz CT molecular complexity index is 1370. The molecule has 10 heteroatoms. The van der Waals surface area contributed by atoms with E-state index in [1.807, 2.05) is 0 Å². The lowest BCUT2D eigenvalue weighted by atomic mass is 9.83. The van der Waals surface area contributed by atoms with Crippen molar-refractivity contribution < 1.29 is 37.6 Å². The highest BCUT2D eigenvalue weighted by Gasteiger charge is 2.32. The summed E-state index contributed by atoms with van der Waals surface area (Å²) in [6.07, 6.45) is 0. The Labute approximate surface area is 212 Å². The van der Waals surface area contributed by atoms with Gasteiger partial charge in [0.15, 0.2) is 18.1 Å². The van der Waals surface area contributed by atoms with Crippen LogP contribution < -0.4 is 34.2 Å². The van der Waals surface area contributed by atoms with Crippen LogP contribution in [0.3, 0.4) is 0 Å². The Morgan fingerprint density at radius 2 is 1.65 bits per heavy atom. The van der Waals surface area contributed by atoms with Gasteiger partial charge in [0.2, 0.25) is 11.6 Å². The third-order valence-electron chi connectivity index (χ3n) is 5.61. The number of hydrogen-bond donors (Lipinski definition) is 1. The summed E-state index contributed by atoms with van der Waals surface area (Å²) in [6, 6.07) is 15.6. The van der Waals surface area contributed by atoms with Crippen molar-refractivity contribution in [2.45, 2.75) is 5.92 Å². The topological polar surface area (TPSA) is 122 Å². The minimum Gasteiger partial charge on any atom is -0.493 e. The second-order valence-corrected chi connectivity index (χ2v) is 7.80. The Hall–Kier alpha value is -4.91. The number of benzene rings is 3. The number of esters is 1. The summed E-state index contributed by atoms with van der Waals surface area (Å²) in [6.45, 7) is -0.391. The van der Waals surface area contributed by atoms with Crippen molar-refractivity contribution in [3.63, 3.8) is 0 Å². The fourth-order valence-electron chi connectivity index (χ4n) is 3.94. The van der Waals surface area contributed by atoms with Gasteiger partial charge in [-0.2, -0.15) is 5.26 Å². The molecule has 1 aliphatic rings. The summed E-state index contributed by atoms with van der Waals surface area (Å²) >= 11 is 0. The molecule has 190 valence electrons. The van der Waals surface area contributed by atoms with Crippen molar-refractivity contribution in [1.82, 2.24) is 0 Å². The van der Waals surface area contributed by atoms with Gasteiger partial charge in [0.25, 0.3) is 0 Å². The molecule has 3 aromatic carbocycles. The summed E-state index contributed by atoms with van der Waals surface area (Å²) in [5, 5.41) is 9.86. The number of nitrogens with two attached hydrogens (primary N) is 1. The molecule has 1 atom stereocenters.